The summed E-state index contributed by atoms with van der Waals surface area (Å²) in [4.78, 5) is 12.6. The molecule has 1 atom stereocenters. The lowest BCUT2D eigenvalue weighted by atomic mass is 9.74. The molecular weight excluding hydrogens is 348 g/mol. The average molecular weight is 364 g/mol. The molecule has 2 aromatic rings. The van der Waals surface area contributed by atoms with E-state index in [1.807, 2.05) is 18.2 Å². The number of benzene rings is 2. The Morgan fingerprint density at radius 3 is 2.81 bits per heavy atom. The molecule has 0 fully saturated rings. The Bertz CT molecular complexity index is 1050. The molecular formula is C21H16O6. The molecule has 0 unspecified atom stereocenters. The zero-order chi connectivity index (χ0) is 18.1. The van der Waals surface area contributed by atoms with Crippen LogP contribution in [-0.4, -0.2) is 26.5 Å². The average Bonchev–Trinajstić information content (AvgIpc) is 3.27. The number of cyclic esters (lactones) is 1. The monoisotopic (exact) mass is 364 g/mol. The van der Waals surface area contributed by atoms with E-state index < -0.39 is 0 Å². The lowest BCUT2D eigenvalue weighted by Crippen LogP contribution is -2.18. The van der Waals surface area contributed by atoms with Crippen molar-refractivity contribution in [1.82, 2.24) is 0 Å². The molecule has 0 saturated carbocycles. The number of fused-ring (bicyclic) bond motifs is 5. The predicted octanol–water partition coefficient (Wildman–Crippen LogP) is 2.86. The number of methoxy groups -OCH3 is 1. The molecule has 0 spiro atoms. The topological polar surface area (TPSA) is 63.2 Å². The van der Waals surface area contributed by atoms with Gasteiger partial charge in [0.15, 0.2) is 23.0 Å². The van der Waals surface area contributed by atoms with Crippen molar-refractivity contribution in [2.24, 2.45) is 0 Å². The van der Waals surface area contributed by atoms with Crippen molar-refractivity contribution >= 4 is 5.97 Å². The Balaban J connectivity index is 1.68. The molecule has 6 nitrogen and oxygen atoms in total. The van der Waals surface area contributed by atoms with Gasteiger partial charge in [-0.15, -0.1) is 0 Å². The maximum absolute atomic E-state index is 12.6. The second-order valence-electron chi connectivity index (χ2n) is 7.03. The van der Waals surface area contributed by atoms with Crippen molar-refractivity contribution in [3.8, 4) is 23.0 Å². The van der Waals surface area contributed by atoms with Gasteiger partial charge in [0.05, 0.1) is 12.7 Å². The largest absolute Gasteiger partial charge is 0.493 e. The van der Waals surface area contributed by atoms with Gasteiger partial charge in [-0.05, 0) is 35.3 Å². The van der Waals surface area contributed by atoms with Gasteiger partial charge >= 0.3 is 5.97 Å². The number of carbonyl (C=O) groups excluding carboxylic acids is 1. The fourth-order valence-corrected chi connectivity index (χ4v) is 4.62. The number of carbonyl (C=O) groups is 1. The minimum absolute atomic E-state index is 0.188. The number of hydrogen-bond acceptors (Lipinski definition) is 6. The van der Waals surface area contributed by atoms with Crippen LogP contribution in [0.5, 0.6) is 23.0 Å². The summed E-state index contributed by atoms with van der Waals surface area (Å²) in [6.45, 7) is 0.864. The molecule has 136 valence electrons. The molecule has 0 bridgehead atoms. The van der Waals surface area contributed by atoms with Gasteiger partial charge in [0, 0.05) is 17.0 Å². The fraction of sp³-hybridized carbons (Fsp3) is 0.286. The van der Waals surface area contributed by atoms with Gasteiger partial charge in [-0.2, -0.15) is 0 Å². The van der Waals surface area contributed by atoms with Crippen LogP contribution in [0.4, 0.5) is 0 Å². The van der Waals surface area contributed by atoms with Crippen LogP contribution in [0.25, 0.3) is 0 Å². The third kappa shape index (κ3) is 1.87. The standard InChI is InChI=1S/C21H16O6/c1-23-14-4-2-10-6-11-7-25-21(22)17(11)18-12-3-5-15-19(27-9-26-15)13(12)8-24-20(14)16(10)18/h2-5,18H,6-9H2,1H3/t18-/m0/s1. The van der Waals surface area contributed by atoms with Crippen LogP contribution in [0.1, 0.15) is 28.2 Å². The minimum Gasteiger partial charge on any atom is -0.493 e. The maximum atomic E-state index is 12.6. The van der Waals surface area contributed by atoms with Gasteiger partial charge in [-0.1, -0.05) is 12.1 Å². The smallest absolute Gasteiger partial charge is 0.335 e. The molecule has 0 aromatic heterocycles. The Labute approximate surface area is 155 Å². The molecule has 3 heterocycles. The molecule has 0 amide bonds. The quantitative estimate of drug-likeness (QED) is 0.725. The number of rotatable bonds is 1. The predicted molar refractivity (Wildman–Crippen MR) is 93.4 cm³/mol. The van der Waals surface area contributed by atoms with Gasteiger partial charge < -0.3 is 23.7 Å². The van der Waals surface area contributed by atoms with Gasteiger partial charge in [0.1, 0.15) is 13.2 Å². The highest BCUT2D eigenvalue weighted by atomic mass is 16.7. The van der Waals surface area contributed by atoms with E-state index in [0.29, 0.717) is 42.6 Å². The molecule has 3 aliphatic heterocycles. The molecule has 2 aromatic carbocycles. The molecule has 6 heteroatoms. The van der Waals surface area contributed by atoms with E-state index in [0.717, 1.165) is 33.4 Å². The summed E-state index contributed by atoms with van der Waals surface area (Å²) in [7, 11) is 1.63. The van der Waals surface area contributed by atoms with Crippen molar-refractivity contribution in [2.45, 2.75) is 18.9 Å². The van der Waals surface area contributed by atoms with Crippen LogP contribution >= 0.6 is 0 Å². The van der Waals surface area contributed by atoms with E-state index in [1.165, 1.54) is 0 Å². The number of hydrogen-bond donors (Lipinski definition) is 0. The van der Waals surface area contributed by atoms with Crippen LogP contribution in [0.3, 0.4) is 0 Å². The summed E-state index contributed by atoms with van der Waals surface area (Å²) in [6, 6.07) is 7.89. The van der Waals surface area contributed by atoms with Gasteiger partial charge in [-0.3, -0.25) is 0 Å². The highest BCUT2D eigenvalue weighted by Crippen LogP contribution is 2.54. The van der Waals surface area contributed by atoms with Crippen molar-refractivity contribution in [3.05, 3.63) is 57.7 Å². The summed E-state index contributed by atoms with van der Waals surface area (Å²) in [5, 5.41) is 0. The van der Waals surface area contributed by atoms with E-state index in [9.17, 15) is 4.79 Å². The zero-order valence-corrected chi connectivity index (χ0v) is 14.7. The first-order chi connectivity index (χ1) is 13.3. The van der Waals surface area contributed by atoms with E-state index in [-0.39, 0.29) is 18.7 Å². The van der Waals surface area contributed by atoms with Gasteiger partial charge in [-0.25, -0.2) is 4.79 Å². The van der Waals surface area contributed by atoms with Crippen molar-refractivity contribution < 1.29 is 28.5 Å². The number of esters is 1. The van der Waals surface area contributed by atoms with Crippen LogP contribution in [0.15, 0.2) is 35.4 Å². The Kier molecular flexibility index (Phi) is 2.88. The lowest BCUT2D eigenvalue weighted by molar-refractivity contribution is -0.136. The lowest BCUT2D eigenvalue weighted by Gasteiger charge is -2.27. The van der Waals surface area contributed by atoms with Crippen LogP contribution in [0.2, 0.25) is 0 Å². The second-order valence-corrected chi connectivity index (χ2v) is 7.03. The first-order valence-electron chi connectivity index (χ1n) is 8.89. The fourth-order valence-electron chi connectivity index (χ4n) is 4.62. The molecule has 6 rings (SSSR count). The highest BCUT2D eigenvalue weighted by molar-refractivity contribution is 5.96. The molecule has 4 aliphatic rings. The summed E-state index contributed by atoms with van der Waals surface area (Å²) >= 11 is 0. The minimum atomic E-state index is -0.254. The van der Waals surface area contributed by atoms with Gasteiger partial charge in [0.25, 0.3) is 0 Å². The highest BCUT2D eigenvalue weighted by Gasteiger charge is 2.43. The van der Waals surface area contributed by atoms with E-state index in [1.54, 1.807) is 7.11 Å². The van der Waals surface area contributed by atoms with E-state index in [4.69, 9.17) is 23.7 Å². The third-order valence-electron chi connectivity index (χ3n) is 5.78. The normalized spacial score (nSPS) is 20.9. The van der Waals surface area contributed by atoms with Crippen LogP contribution in [-0.2, 0) is 22.6 Å². The first kappa shape index (κ1) is 15.0. The van der Waals surface area contributed by atoms with E-state index >= 15 is 0 Å². The summed E-state index contributed by atoms with van der Waals surface area (Å²) in [5.41, 5.74) is 5.80. The van der Waals surface area contributed by atoms with E-state index in [2.05, 4.69) is 6.07 Å². The Morgan fingerprint density at radius 2 is 1.93 bits per heavy atom. The third-order valence-corrected chi connectivity index (χ3v) is 5.78. The Hall–Kier alpha value is -3.15. The van der Waals surface area contributed by atoms with Crippen molar-refractivity contribution in [3.63, 3.8) is 0 Å². The molecule has 0 N–H and O–H groups in total. The summed E-state index contributed by atoms with van der Waals surface area (Å²) in [6.07, 6.45) is 0.688. The van der Waals surface area contributed by atoms with Gasteiger partial charge in [0.2, 0.25) is 6.79 Å². The van der Waals surface area contributed by atoms with Crippen molar-refractivity contribution in [1.29, 1.82) is 0 Å². The van der Waals surface area contributed by atoms with Crippen LogP contribution in [0, 0.1) is 0 Å². The zero-order valence-electron chi connectivity index (χ0n) is 14.7. The van der Waals surface area contributed by atoms with Crippen LogP contribution < -0.4 is 18.9 Å². The summed E-state index contributed by atoms with van der Waals surface area (Å²) in [5.74, 6) is 2.25. The molecule has 0 radical (unpaired) electrons. The summed E-state index contributed by atoms with van der Waals surface area (Å²) < 4.78 is 28.4. The Morgan fingerprint density at radius 1 is 1.00 bits per heavy atom. The van der Waals surface area contributed by atoms with Crippen molar-refractivity contribution in [2.75, 3.05) is 20.5 Å². The second kappa shape index (κ2) is 5.19. The number of ether oxygens (including phenoxy) is 5. The molecule has 0 saturated heterocycles. The molecule has 1 aliphatic carbocycles. The SMILES string of the molecule is COc1ccc2c3c1OCc1c(ccc4c1OCO4)[C@@H]3C1=C(COC1=O)C2. The molecule has 27 heavy (non-hydrogen) atoms. The maximum Gasteiger partial charge on any atom is 0.335 e. The first-order valence-corrected chi connectivity index (χ1v) is 8.89.